The Morgan fingerprint density at radius 2 is 0.800 bits per heavy atom. The molecule has 1 aliphatic rings. The fourth-order valence-electron chi connectivity index (χ4n) is 2.69. The van der Waals surface area contributed by atoms with Gasteiger partial charge < -0.3 is 24.1 Å². The fourth-order valence-corrected chi connectivity index (χ4v) is 2.69. The number of aliphatic hydroxyl groups is 1. The van der Waals surface area contributed by atoms with E-state index in [1.165, 1.54) is 6.42 Å². The molecule has 5 atom stereocenters. The maximum atomic E-state index is 12.9. The Bertz CT molecular complexity index is 803. The molecule has 0 amide bonds. The highest BCUT2D eigenvalue weighted by Gasteiger charge is 2.54. The Labute approximate surface area is 209 Å². The van der Waals surface area contributed by atoms with Gasteiger partial charge in [-0.25, -0.2) is 0 Å². The minimum atomic E-state index is -1.47. The van der Waals surface area contributed by atoms with Crippen molar-refractivity contribution in [3.05, 3.63) is 6.42 Å². The van der Waals surface area contributed by atoms with Crippen LogP contribution in [0.4, 0.5) is 0 Å². The summed E-state index contributed by atoms with van der Waals surface area (Å²) in [6, 6.07) is 0. The van der Waals surface area contributed by atoms with E-state index < -0.39 is 76.1 Å². The van der Waals surface area contributed by atoms with E-state index in [0.29, 0.717) is 0 Å². The average molecular weight is 500 g/mol. The summed E-state index contributed by atoms with van der Waals surface area (Å²) < 4.78 is 22.6. The molecule has 1 N–H and O–H groups in total. The third-order valence-corrected chi connectivity index (χ3v) is 5.12. The summed E-state index contributed by atoms with van der Waals surface area (Å²) in [4.78, 5) is 51.1. The lowest BCUT2D eigenvalue weighted by Crippen LogP contribution is -2.62. The van der Waals surface area contributed by atoms with Gasteiger partial charge in [-0.05, 0) is 83.1 Å². The van der Waals surface area contributed by atoms with Crippen molar-refractivity contribution in [3.63, 3.8) is 0 Å². The van der Waals surface area contributed by atoms with Gasteiger partial charge in [-0.1, -0.05) is 0 Å². The highest BCUT2D eigenvalue weighted by molar-refractivity contribution is 5.78. The van der Waals surface area contributed by atoms with Crippen molar-refractivity contribution in [1.29, 1.82) is 0 Å². The first kappa shape index (κ1) is 30.9. The lowest BCUT2D eigenvalue weighted by Gasteiger charge is -2.44. The second kappa shape index (κ2) is 10.4. The molecule has 1 radical (unpaired) electrons. The fraction of sp³-hybridized carbons (Fsp3) is 0.808. The van der Waals surface area contributed by atoms with Gasteiger partial charge in [0.25, 0.3) is 0 Å². The number of hydrogen-bond donors (Lipinski definition) is 1. The van der Waals surface area contributed by atoms with Crippen LogP contribution in [0.2, 0.25) is 0 Å². The maximum Gasteiger partial charge on any atom is 0.311 e. The summed E-state index contributed by atoms with van der Waals surface area (Å²) in [7, 11) is 0. The van der Waals surface area contributed by atoms with Crippen molar-refractivity contribution in [3.8, 4) is 0 Å². The van der Waals surface area contributed by atoms with Gasteiger partial charge in [-0.3, -0.25) is 19.2 Å². The SMILES string of the molecule is CC(C)(C)C(=O)OC1[CH]C(O)C(OC(=O)C(C)(C)C)C(OC(=O)C(C)(C)C)C1OC(=O)C(C)(C)C. The Kier molecular flexibility index (Phi) is 9.21. The minimum absolute atomic E-state index is 0.617. The van der Waals surface area contributed by atoms with E-state index in [1.807, 2.05) is 0 Å². The molecule has 9 nitrogen and oxygen atoms in total. The Morgan fingerprint density at radius 1 is 0.514 bits per heavy atom. The van der Waals surface area contributed by atoms with Gasteiger partial charge in [-0.15, -0.1) is 0 Å². The molecule has 0 heterocycles. The molecule has 0 aliphatic heterocycles. The smallest absolute Gasteiger partial charge is 0.311 e. The molecule has 201 valence electrons. The second-order valence-corrected chi connectivity index (χ2v) is 13.2. The van der Waals surface area contributed by atoms with Crippen molar-refractivity contribution in [2.75, 3.05) is 0 Å². The van der Waals surface area contributed by atoms with E-state index in [4.69, 9.17) is 18.9 Å². The molecule has 0 bridgehead atoms. The average Bonchev–Trinajstić information content (AvgIpc) is 2.63. The predicted molar refractivity (Wildman–Crippen MR) is 128 cm³/mol. The van der Waals surface area contributed by atoms with E-state index >= 15 is 0 Å². The van der Waals surface area contributed by atoms with E-state index in [-0.39, 0.29) is 0 Å². The zero-order valence-electron chi connectivity index (χ0n) is 23.2. The third kappa shape index (κ3) is 8.47. The van der Waals surface area contributed by atoms with E-state index in [9.17, 15) is 24.3 Å². The lowest BCUT2D eigenvalue weighted by atomic mass is 9.85. The third-order valence-electron chi connectivity index (χ3n) is 5.12. The van der Waals surface area contributed by atoms with E-state index in [1.54, 1.807) is 83.1 Å². The van der Waals surface area contributed by atoms with Crippen molar-refractivity contribution in [1.82, 2.24) is 0 Å². The van der Waals surface area contributed by atoms with Gasteiger partial charge in [-0.2, -0.15) is 0 Å². The monoisotopic (exact) mass is 499 g/mol. The van der Waals surface area contributed by atoms with Crippen LogP contribution in [-0.2, 0) is 38.1 Å². The van der Waals surface area contributed by atoms with Gasteiger partial charge >= 0.3 is 23.9 Å². The second-order valence-electron chi connectivity index (χ2n) is 13.2. The van der Waals surface area contributed by atoms with Crippen LogP contribution in [0, 0.1) is 28.1 Å². The molecule has 1 rings (SSSR count). The molecular formula is C26H43O9. The maximum absolute atomic E-state index is 12.9. The quantitative estimate of drug-likeness (QED) is 0.457. The van der Waals surface area contributed by atoms with Crippen molar-refractivity contribution < 1.29 is 43.2 Å². The number of carbonyl (C=O) groups is 4. The Morgan fingerprint density at radius 3 is 1.14 bits per heavy atom. The first-order chi connectivity index (χ1) is 15.5. The number of esters is 4. The number of aliphatic hydroxyl groups excluding tert-OH is 1. The Hall–Kier alpha value is -2.16. The molecule has 5 unspecified atom stereocenters. The van der Waals surface area contributed by atoms with Crippen LogP contribution in [0.1, 0.15) is 83.1 Å². The number of hydrogen-bond acceptors (Lipinski definition) is 9. The molecule has 0 aromatic rings. The number of rotatable bonds is 4. The predicted octanol–water partition coefficient (Wildman–Crippen LogP) is 3.40. The summed E-state index contributed by atoms with van der Waals surface area (Å²) in [6.45, 7) is 19.7. The van der Waals surface area contributed by atoms with Crippen molar-refractivity contribution in [2.24, 2.45) is 21.7 Å². The molecule has 0 spiro atoms. The normalized spacial score (nSPS) is 25.9. The molecule has 35 heavy (non-hydrogen) atoms. The van der Waals surface area contributed by atoms with Gasteiger partial charge in [0.2, 0.25) is 0 Å². The van der Waals surface area contributed by atoms with Crippen LogP contribution in [0.3, 0.4) is 0 Å². The largest absolute Gasteiger partial charge is 0.457 e. The van der Waals surface area contributed by atoms with Crippen LogP contribution < -0.4 is 0 Å². The molecule has 1 fully saturated rings. The van der Waals surface area contributed by atoms with Crippen molar-refractivity contribution >= 4 is 23.9 Å². The molecule has 0 aromatic carbocycles. The summed E-state index contributed by atoms with van der Waals surface area (Å²) >= 11 is 0. The zero-order valence-corrected chi connectivity index (χ0v) is 23.2. The molecule has 9 heteroatoms. The summed E-state index contributed by atoms with van der Waals surface area (Å²) in [5.41, 5.74) is -3.72. The van der Waals surface area contributed by atoms with Gasteiger partial charge in [0, 0.05) is 6.42 Å². The molecule has 0 saturated heterocycles. The lowest BCUT2D eigenvalue weighted by molar-refractivity contribution is -0.226. The highest BCUT2D eigenvalue weighted by Crippen LogP contribution is 2.35. The summed E-state index contributed by atoms with van der Waals surface area (Å²) in [5.74, 6) is -2.60. The molecule has 0 aromatic heterocycles. The topological polar surface area (TPSA) is 125 Å². The van der Waals surface area contributed by atoms with Crippen LogP contribution in [0.5, 0.6) is 0 Å². The van der Waals surface area contributed by atoms with E-state index in [2.05, 4.69) is 0 Å². The zero-order chi connectivity index (χ0) is 27.7. The van der Waals surface area contributed by atoms with Crippen molar-refractivity contribution in [2.45, 2.75) is 114 Å². The standard InChI is InChI=1S/C26H43O9/c1-23(2,3)19(28)32-15-13-14(27)16(33-20(29)24(4,5)6)18(35-22(31)26(10,11)12)17(15)34-21(30)25(7,8)9/h13-18,27H,1-12H3. The van der Waals surface area contributed by atoms with Crippen LogP contribution in [0.15, 0.2) is 0 Å². The first-order valence-electron chi connectivity index (χ1n) is 11.8. The summed E-state index contributed by atoms with van der Waals surface area (Å²) in [5, 5.41) is 10.9. The molecule has 1 saturated carbocycles. The summed E-state index contributed by atoms with van der Waals surface area (Å²) in [6.07, 6.45) is -5.69. The van der Waals surface area contributed by atoms with Gasteiger partial charge in [0.05, 0.1) is 21.7 Å². The molecular weight excluding hydrogens is 456 g/mol. The van der Waals surface area contributed by atoms with Crippen LogP contribution in [-0.4, -0.2) is 59.5 Å². The van der Waals surface area contributed by atoms with Crippen LogP contribution in [0.25, 0.3) is 0 Å². The molecule has 1 aliphatic carbocycles. The van der Waals surface area contributed by atoms with Gasteiger partial charge in [0.15, 0.2) is 18.3 Å². The van der Waals surface area contributed by atoms with E-state index in [0.717, 1.165) is 0 Å². The highest BCUT2D eigenvalue weighted by atomic mass is 16.6. The first-order valence-corrected chi connectivity index (χ1v) is 11.8. The van der Waals surface area contributed by atoms with Gasteiger partial charge in [0.1, 0.15) is 12.2 Å². The number of ether oxygens (including phenoxy) is 4. The minimum Gasteiger partial charge on any atom is -0.457 e. The number of carbonyl (C=O) groups excluding carboxylic acids is 4. The van der Waals surface area contributed by atoms with Crippen LogP contribution >= 0.6 is 0 Å². The Balaban J connectivity index is 3.56.